The van der Waals surface area contributed by atoms with Gasteiger partial charge in [-0.05, 0) is 36.2 Å². The third kappa shape index (κ3) is 4.45. The van der Waals surface area contributed by atoms with Crippen LogP contribution in [0.2, 0.25) is 0 Å². The van der Waals surface area contributed by atoms with Crippen molar-refractivity contribution < 1.29 is 27.4 Å². The maximum Gasteiger partial charge on any atom is 0.201 e. The van der Waals surface area contributed by atoms with Gasteiger partial charge in [-0.25, -0.2) is 8.78 Å². The normalized spacial score (nSPS) is 18.7. The second kappa shape index (κ2) is 9.12. The van der Waals surface area contributed by atoms with E-state index in [0.717, 1.165) is 0 Å². The molecule has 0 saturated carbocycles. The minimum Gasteiger partial charge on any atom is -0.491 e. The van der Waals surface area contributed by atoms with Crippen LogP contribution in [0.3, 0.4) is 0 Å². The summed E-state index contributed by atoms with van der Waals surface area (Å²) in [6, 6.07) is 14.3. The largest absolute Gasteiger partial charge is 0.491 e. The molecule has 0 unspecified atom stereocenters. The van der Waals surface area contributed by atoms with Gasteiger partial charge in [-0.1, -0.05) is 43.3 Å². The zero-order valence-electron chi connectivity index (χ0n) is 17.3. The van der Waals surface area contributed by atoms with Gasteiger partial charge in [0.25, 0.3) is 0 Å². The molecule has 0 spiro atoms. The monoisotopic (exact) mass is 428 g/mol. The molecule has 1 aliphatic heterocycles. The first-order chi connectivity index (χ1) is 15.0. The highest BCUT2D eigenvalue weighted by Gasteiger charge is 2.22. The van der Waals surface area contributed by atoms with Crippen LogP contribution in [0.25, 0.3) is 22.3 Å². The van der Waals surface area contributed by atoms with Crippen LogP contribution in [-0.4, -0.2) is 19.8 Å². The smallest absolute Gasteiger partial charge is 0.201 e. The van der Waals surface area contributed by atoms with Crippen LogP contribution in [0.15, 0.2) is 54.6 Å². The molecule has 1 heterocycles. The van der Waals surface area contributed by atoms with E-state index in [-0.39, 0.29) is 17.9 Å². The fourth-order valence-electron chi connectivity index (χ4n) is 3.56. The van der Waals surface area contributed by atoms with Crippen LogP contribution in [0.5, 0.6) is 5.75 Å². The van der Waals surface area contributed by atoms with Gasteiger partial charge in [-0.2, -0.15) is 4.39 Å². The lowest BCUT2D eigenvalue weighted by molar-refractivity contribution is -0.202. The summed E-state index contributed by atoms with van der Waals surface area (Å²) in [6.07, 6.45) is -0.570. The molecule has 1 saturated heterocycles. The average molecular weight is 428 g/mol. The Morgan fingerprint density at radius 3 is 2.06 bits per heavy atom. The van der Waals surface area contributed by atoms with Crippen LogP contribution in [0.1, 0.15) is 25.7 Å². The van der Waals surface area contributed by atoms with Gasteiger partial charge in [0.05, 0.1) is 19.8 Å². The Labute approximate surface area is 179 Å². The fourth-order valence-corrected chi connectivity index (χ4v) is 3.56. The average Bonchev–Trinajstić information content (AvgIpc) is 2.78. The summed E-state index contributed by atoms with van der Waals surface area (Å²) in [5.41, 5.74) is 2.25. The van der Waals surface area contributed by atoms with E-state index < -0.39 is 23.7 Å². The molecule has 0 aromatic heterocycles. The molecular weight excluding hydrogens is 405 g/mol. The van der Waals surface area contributed by atoms with E-state index >= 15 is 0 Å². The second-order valence-electron chi connectivity index (χ2n) is 7.59. The lowest BCUT2D eigenvalue weighted by atomic mass is 9.98. The zero-order valence-corrected chi connectivity index (χ0v) is 17.3. The quantitative estimate of drug-likeness (QED) is 0.463. The highest BCUT2D eigenvalue weighted by Crippen LogP contribution is 2.33. The zero-order chi connectivity index (χ0) is 22.0. The molecule has 0 amide bonds. The lowest BCUT2D eigenvalue weighted by Crippen LogP contribution is -2.25. The van der Waals surface area contributed by atoms with E-state index in [1.54, 1.807) is 43.3 Å². The third-order valence-electron chi connectivity index (χ3n) is 5.18. The summed E-state index contributed by atoms with van der Waals surface area (Å²) in [5.74, 6) is -2.22. The van der Waals surface area contributed by atoms with Crippen molar-refractivity contribution in [2.24, 2.45) is 5.92 Å². The van der Waals surface area contributed by atoms with Crippen molar-refractivity contribution in [3.8, 4) is 28.0 Å². The number of benzene rings is 3. The number of ether oxygens (including phenoxy) is 3. The Balaban J connectivity index is 1.57. The molecule has 162 valence electrons. The van der Waals surface area contributed by atoms with Crippen molar-refractivity contribution in [2.75, 3.05) is 19.8 Å². The molecule has 0 atom stereocenters. The van der Waals surface area contributed by atoms with Crippen LogP contribution in [0.4, 0.5) is 13.2 Å². The first-order valence-electron chi connectivity index (χ1n) is 10.2. The van der Waals surface area contributed by atoms with Gasteiger partial charge in [0.15, 0.2) is 17.9 Å². The molecule has 0 aliphatic carbocycles. The predicted molar refractivity (Wildman–Crippen MR) is 112 cm³/mol. The standard InChI is InChI=1S/C25H23F3O3/c1-3-29-22-11-10-20(23(27)24(22)28)17-6-4-16(5-7-17)19-9-8-18(12-21(19)26)25-30-13-15(2)14-31-25/h4-12,15,25H,3,13-14H2,1-2H3. The van der Waals surface area contributed by atoms with Crippen LogP contribution in [-0.2, 0) is 9.47 Å². The third-order valence-corrected chi connectivity index (χ3v) is 5.18. The van der Waals surface area contributed by atoms with Gasteiger partial charge in [-0.15, -0.1) is 0 Å². The predicted octanol–water partition coefficient (Wildman–Crippen LogP) is 6.52. The summed E-state index contributed by atoms with van der Waals surface area (Å²) in [7, 11) is 0. The number of hydrogen-bond donors (Lipinski definition) is 0. The molecule has 0 radical (unpaired) electrons. The number of rotatable bonds is 5. The van der Waals surface area contributed by atoms with E-state index in [2.05, 4.69) is 0 Å². The van der Waals surface area contributed by atoms with Crippen LogP contribution >= 0.6 is 0 Å². The van der Waals surface area contributed by atoms with Gasteiger partial charge in [0.1, 0.15) is 5.82 Å². The minimum absolute atomic E-state index is 0.115. The highest BCUT2D eigenvalue weighted by molar-refractivity contribution is 5.71. The first-order valence-corrected chi connectivity index (χ1v) is 10.2. The molecule has 0 N–H and O–H groups in total. The van der Waals surface area contributed by atoms with E-state index in [9.17, 15) is 13.2 Å². The highest BCUT2D eigenvalue weighted by atomic mass is 19.2. The topological polar surface area (TPSA) is 27.7 Å². The van der Waals surface area contributed by atoms with Crippen LogP contribution < -0.4 is 4.74 Å². The second-order valence-corrected chi connectivity index (χ2v) is 7.59. The van der Waals surface area contributed by atoms with Gasteiger partial charge in [-0.3, -0.25) is 0 Å². The van der Waals surface area contributed by atoms with Crippen molar-refractivity contribution in [3.05, 3.63) is 77.6 Å². The lowest BCUT2D eigenvalue weighted by Gasteiger charge is -2.27. The summed E-state index contributed by atoms with van der Waals surface area (Å²) >= 11 is 0. The molecule has 3 aromatic rings. The molecule has 1 aliphatic rings. The molecule has 6 heteroatoms. The van der Waals surface area contributed by atoms with Gasteiger partial charge >= 0.3 is 0 Å². The Morgan fingerprint density at radius 2 is 1.45 bits per heavy atom. The maximum atomic E-state index is 14.8. The van der Waals surface area contributed by atoms with Crippen molar-refractivity contribution >= 4 is 0 Å². The van der Waals surface area contributed by atoms with Gasteiger partial charge < -0.3 is 14.2 Å². The molecule has 3 nitrogen and oxygen atoms in total. The fraction of sp³-hybridized carbons (Fsp3) is 0.280. The van der Waals surface area contributed by atoms with E-state index in [1.807, 2.05) is 6.92 Å². The SMILES string of the molecule is CCOc1ccc(-c2ccc(-c3ccc(C4OCC(C)CO4)cc3F)cc2)c(F)c1F. The molecule has 0 bridgehead atoms. The molecule has 31 heavy (non-hydrogen) atoms. The van der Waals surface area contributed by atoms with Crippen molar-refractivity contribution in [2.45, 2.75) is 20.1 Å². The number of hydrogen-bond acceptors (Lipinski definition) is 3. The van der Waals surface area contributed by atoms with Crippen molar-refractivity contribution in [3.63, 3.8) is 0 Å². The molecule has 4 rings (SSSR count). The summed E-state index contributed by atoms with van der Waals surface area (Å²) in [6.45, 7) is 5.10. The van der Waals surface area contributed by atoms with Gasteiger partial charge in [0.2, 0.25) is 5.82 Å². The molecule has 1 fully saturated rings. The summed E-state index contributed by atoms with van der Waals surface area (Å²) in [5, 5.41) is 0. The Bertz CT molecular complexity index is 1060. The van der Waals surface area contributed by atoms with E-state index in [0.29, 0.717) is 41.4 Å². The molecule has 3 aromatic carbocycles. The minimum atomic E-state index is -1.02. The Morgan fingerprint density at radius 1 is 0.839 bits per heavy atom. The summed E-state index contributed by atoms with van der Waals surface area (Å²) < 4.78 is 59.8. The number of halogens is 3. The van der Waals surface area contributed by atoms with E-state index in [1.165, 1.54) is 18.2 Å². The van der Waals surface area contributed by atoms with E-state index in [4.69, 9.17) is 14.2 Å². The Hall–Kier alpha value is -2.83. The maximum absolute atomic E-state index is 14.8. The summed E-state index contributed by atoms with van der Waals surface area (Å²) in [4.78, 5) is 0. The van der Waals surface area contributed by atoms with Crippen molar-refractivity contribution in [1.29, 1.82) is 0 Å². The van der Waals surface area contributed by atoms with Gasteiger partial charge in [0, 0.05) is 22.6 Å². The van der Waals surface area contributed by atoms with Crippen LogP contribution in [0, 0.1) is 23.4 Å². The first kappa shape index (κ1) is 21.4. The Kier molecular flexibility index (Phi) is 6.30. The molecular formula is C25H23F3O3. The van der Waals surface area contributed by atoms with Crippen molar-refractivity contribution in [1.82, 2.24) is 0 Å².